The number of aromatic nitrogens is 1. The highest BCUT2D eigenvalue weighted by molar-refractivity contribution is 6.42. The van der Waals surface area contributed by atoms with Crippen LogP contribution in [0.5, 0.6) is 0 Å². The molecule has 0 spiro atoms. The summed E-state index contributed by atoms with van der Waals surface area (Å²) in [5, 5.41) is 4.94. The van der Waals surface area contributed by atoms with Crippen LogP contribution in [0.25, 0.3) is 10.9 Å². The monoisotopic (exact) mass is 442 g/mol. The molecule has 2 aromatic carbocycles. The van der Waals surface area contributed by atoms with Crippen LogP contribution in [0.1, 0.15) is 11.1 Å². The van der Waals surface area contributed by atoms with E-state index in [-0.39, 0.29) is 12.3 Å². The molecule has 7 heteroatoms. The van der Waals surface area contributed by atoms with E-state index < -0.39 is 0 Å². The summed E-state index contributed by atoms with van der Waals surface area (Å²) < 4.78 is 0. The molecule has 0 bridgehead atoms. The fraction of sp³-hybridized carbons (Fsp3) is 0.304. The number of pyridine rings is 1. The molecular formula is C23H24Cl2N4O. The van der Waals surface area contributed by atoms with Gasteiger partial charge < -0.3 is 15.1 Å². The molecule has 1 aromatic heterocycles. The first kappa shape index (κ1) is 20.9. The van der Waals surface area contributed by atoms with E-state index in [1.807, 2.05) is 24.3 Å². The van der Waals surface area contributed by atoms with Crippen LogP contribution in [0.15, 0.2) is 42.5 Å². The number of nitrogens with zero attached hydrogens (tertiary/aromatic N) is 3. The number of halogens is 2. The molecule has 0 unspecified atom stereocenters. The average Bonchev–Trinajstić information content (AvgIpc) is 2.71. The van der Waals surface area contributed by atoms with Gasteiger partial charge >= 0.3 is 0 Å². The van der Waals surface area contributed by atoms with Gasteiger partial charge in [-0.25, -0.2) is 4.98 Å². The number of hydrogen-bond donors (Lipinski definition) is 1. The Labute approximate surface area is 186 Å². The lowest BCUT2D eigenvalue weighted by molar-refractivity contribution is -0.115. The Hall–Kier alpha value is -2.34. The zero-order valence-electron chi connectivity index (χ0n) is 17.1. The molecule has 5 nitrogen and oxygen atoms in total. The second-order valence-electron chi connectivity index (χ2n) is 7.79. The number of aryl methyl sites for hydroxylation is 1. The van der Waals surface area contributed by atoms with Crippen LogP contribution in [-0.4, -0.2) is 49.0 Å². The van der Waals surface area contributed by atoms with Crippen LogP contribution in [0, 0.1) is 6.92 Å². The molecule has 1 saturated heterocycles. The summed E-state index contributed by atoms with van der Waals surface area (Å²) >= 11 is 12.0. The third-order valence-electron chi connectivity index (χ3n) is 5.46. The highest BCUT2D eigenvalue weighted by Crippen LogP contribution is 2.26. The number of piperazine rings is 1. The smallest absolute Gasteiger partial charge is 0.228 e. The quantitative estimate of drug-likeness (QED) is 0.631. The summed E-state index contributed by atoms with van der Waals surface area (Å²) in [6.45, 7) is 6.14. The average molecular weight is 443 g/mol. The topological polar surface area (TPSA) is 48.5 Å². The lowest BCUT2D eigenvalue weighted by Crippen LogP contribution is -2.44. The number of amides is 1. The Morgan fingerprint density at radius 2 is 1.80 bits per heavy atom. The summed E-state index contributed by atoms with van der Waals surface area (Å²) in [6, 6.07) is 13.2. The van der Waals surface area contributed by atoms with E-state index in [0.29, 0.717) is 10.0 Å². The summed E-state index contributed by atoms with van der Waals surface area (Å²) in [4.78, 5) is 22.0. The Kier molecular flexibility index (Phi) is 6.14. The lowest BCUT2D eigenvalue weighted by Gasteiger charge is -2.33. The Balaban J connectivity index is 1.50. The van der Waals surface area contributed by atoms with E-state index in [4.69, 9.17) is 28.2 Å². The van der Waals surface area contributed by atoms with E-state index in [9.17, 15) is 4.79 Å². The molecule has 0 radical (unpaired) electrons. The minimum Gasteiger partial charge on any atom is -0.354 e. The maximum Gasteiger partial charge on any atom is 0.228 e. The van der Waals surface area contributed by atoms with E-state index >= 15 is 0 Å². The molecule has 1 fully saturated rings. The Morgan fingerprint density at radius 1 is 1.03 bits per heavy atom. The largest absolute Gasteiger partial charge is 0.354 e. The summed E-state index contributed by atoms with van der Waals surface area (Å²) in [5.74, 6) is 0.914. The van der Waals surface area contributed by atoms with E-state index in [1.54, 1.807) is 12.1 Å². The number of likely N-dealkylation sites (N-methyl/N-ethyl adjacent to an activating group) is 1. The summed E-state index contributed by atoms with van der Waals surface area (Å²) in [6.07, 6.45) is 0.231. The zero-order chi connectivity index (χ0) is 21.3. The Morgan fingerprint density at radius 3 is 2.53 bits per heavy atom. The molecule has 0 aliphatic carbocycles. The summed E-state index contributed by atoms with van der Waals surface area (Å²) in [7, 11) is 2.15. The van der Waals surface area contributed by atoms with Crippen molar-refractivity contribution in [2.75, 3.05) is 43.4 Å². The highest BCUT2D eigenvalue weighted by atomic mass is 35.5. The fourth-order valence-electron chi connectivity index (χ4n) is 3.69. The molecule has 0 saturated carbocycles. The number of fused-ring (bicyclic) bond motifs is 1. The van der Waals surface area contributed by atoms with Gasteiger partial charge in [0.15, 0.2) is 0 Å². The van der Waals surface area contributed by atoms with Crippen molar-refractivity contribution in [3.8, 4) is 0 Å². The second-order valence-corrected chi connectivity index (χ2v) is 8.61. The number of rotatable bonds is 4. The first-order chi connectivity index (χ1) is 14.4. The second kappa shape index (κ2) is 8.80. The minimum absolute atomic E-state index is 0.104. The molecule has 156 valence electrons. The van der Waals surface area contributed by atoms with Crippen molar-refractivity contribution in [2.45, 2.75) is 13.3 Å². The van der Waals surface area contributed by atoms with Crippen molar-refractivity contribution in [2.24, 2.45) is 0 Å². The van der Waals surface area contributed by atoms with Gasteiger partial charge in [-0.1, -0.05) is 29.3 Å². The number of anilines is 2. The van der Waals surface area contributed by atoms with Crippen LogP contribution in [0.4, 0.5) is 11.5 Å². The minimum atomic E-state index is -0.104. The van der Waals surface area contributed by atoms with Crippen molar-refractivity contribution in [1.82, 2.24) is 9.88 Å². The molecule has 1 aliphatic rings. The van der Waals surface area contributed by atoms with Gasteiger partial charge in [-0.3, -0.25) is 4.79 Å². The molecule has 4 rings (SSSR count). The molecule has 2 heterocycles. The molecule has 1 N–H and O–H groups in total. The number of carbonyl (C=O) groups excluding carboxylic acids is 1. The van der Waals surface area contributed by atoms with Crippen molar-refractivity contribution in [3.63, 3.8) is 0 Å². The normalized spacial score (nSPS) is 14.9. The standard InChI is InChI=1S/C23H24Cl2N4O/c1-15-11-22(29-9-7-28(2)8-10-29)27-21-6-4-17(14-18(15)21)26-23(30)13-16-3-5-19(24)20(25)12-16/h3-6,11-12,14H,7-10,13H2,1-2H3,(H,26,30). The van der Waals surface area contributed by atoms with Crippen molar-refractivity contribution in [1.29, 1.82) is 0 Å². The number of hydrogen-bond acceptors (Lipinski definition) is 4. The fourth-order valence-corrected chi connectivity index (χ4v) is 4.01. The van der Waals surface area contributed by atoms with Gasteiger partial charge in [0.05, 0.1) is 22.0 Å². The SMILES string of the molecule is Cc1cc(N2CCN(C)CC2)nc2ccc(NC(=O)Cc3ccc(Cl)c(Cl)c3)cc12. The van der Waals surface area contributed by atoms with Gasteiger partial charge in [-0.05, 0) is 61.5 Å². The third kappa shape index (κ3) is 4.69. The van der Waals surface area contributed by atoms with E-state index in [0.717, 1.165) is 59.7 Å². The molecule has 30 heavy (non-hydrogen) atoms. The number of benzene rings is 2. The van der Waals surface area contributed by atoms with Gasteiger partial charge in [-0.2, -0.15) is 0 Å². The predicted molar refractivity (Wildman–Crippen MR) is 125 cm³/mol. The third-order valence-corrected chi connectivity index (χ3v) is 6.20. The highest BCUT2D eigenvalue weighted by Gasteiger charge is 2.16. The van der Waals surface area contributed by atoms with Crippen LogP contribution in [-0.2, 0) is 11.2 Å². The van der Waals surface area contributed by atoms with Crippen molar-refractivity contribution < 1.29 is 4.79 Å². The van der Waals surface area contributed by atoms with Crippen molar-refractivity contribution in [3.05, 3.63) is 63.6 Å². The molecule has 1 aliphatic heterocycles. The van der Waals surface area contributed by atoms with Crippen LogP contribution >= 0.6 is 23.2 Å². The van der Waals surface area contributed by atoms with Gasteiger partial charge in [0.25, 0.3) is 0 Å². The predicted octanol–water partition coefficient (Wildman–Crippen LogP) is 4.78. The maximum absolute atomic E-state index is 12.5. The van der Waals surface area contributed by atoms with Gasteiger partial charge in [0, 0.05) is 37.3 Å². The van der Waals surface area contributed by atoms with Crippen LogP contribution in [0.2, 0.25) is 10.0 Å². The Bertz CT molecular complexity index is 1090. The summed E-state index contributed by atoms with van der Waals surface area (Å²) in [5.41, 5.74) is 3.66. The van der Waals surface area contributed by atoms with Gasteiger partial charge in [0.2, 0.25) is 5.91 Å². The van der Waals surface area contributed by atoms with Crippen molar-refractivity contribution >= 4 is 51.5 Å². The maximum atomic E-state index is 12.5. The molecule has 1 amide bonds. The van der Waals surface area contributed by atoms with Crippen LogP contribution < -0.4 is 10.2 Å². The van der Waals surface area contributed by atoms with Gasteiger partial charge in [-0.15, -0.1) is 0 Å². The van der Waals surface area contributed by atoms with Crippen LogP contribution in [0.3, 0.4) is 0 Å². The first-order valence-electron chi connectivity index (χ1n) is 9.98. The van der Waals surface area contributed by atoms with E-state index in [1.165, 1.54) is 0 Å². The number of nitrogens with one attached hydrogen (secondary N) is 1. The zero-order valence-corrected chi connectivity index (χ0v) is 18.6. The van der Waals surface area contributed by atoms with Gasteiger partial charge in [0.1, 0.15) is 5.82 Å². The lowest BCUT2D eigenvalue weighted by atomic mass is 10.1. The van der Waals surface area contributed by atoms with E-state index in [2.05, 4.69) is 35.2 Å². The first-order valence-corrected chi connectivity index (χ1v) is 10.7. The molecule has 3 aromatic rings. The number of carbonyl (C=O) groups is 1. The molecule has 0 atom stereocenters. The molecular weight excluding hydrogens is 419 g/mol.